The predicted molar refractivity (Wildman–Crippen MR) is 77.4 cm³/mol. The molecule has 0 unspecified atom stereocenters. The van der Waals surface area contributed by atoms with E-state index < -0.39 is 0 Å². The first-order chi connectivity index (χ1) is 9.34. The van der Waals surface area contributed by atoms with Crippen molar-refractivity contribution in [1.82, 2.24) is 0 Å². The van der Waals surface area contributed by atoms with Crippen LogP contribution in [0.15, 0.2) is 60.1 Å². The quantitative estimate of drug-likeness (QED) is 0.524. The molecule has 0 aliphatic heterocycles. The van der Waals surface area contributed by atoms with Gasteiger partial charge in [0.15, 0.2) is 12.3 Å². The lowest BCUT2D eigenvalue weighted by atomic mass is 10.1. The lowest BCUT2D eigenvalue weighted by Crippen LogP contribution is -2.32. The molecule has 3 aromatic rings. The van der Waals surface area contributed by atoms with Crippen LogP contribution in [0.3, 0.4) is 0 Å². The zero-order valence-corrected chi connectivity index (χ0v) is 11.3. The van der Waals surface area contributed by atoms with Gasteiger partial charge in [0.2, 0.25) is 11.0 Å². The first-order valence-corrected chi connectivity index (χ1v) is 7.16. The molecule has 0 radical (unpaired) electrons. The van der Waals surface area contributed by atoms with Gasteiger partial charge >= 0.3 is 0 Å². The van der Waals surface area contributed by atoms with Crippen molar-refractivity contribution < 1.29 is 9.36 Å². The van der Waals surface area contributed by atoms with Gasteiger partial charge in [-0.15, -0.1) is 0 Å². The van der Waals surface area contributed by atoms with E-state index in [1.54, 1.807) is 11.3 Å². The van der Waals surface area contributed by atoms with Gasteiger partial charge in [0.05, 0.1) is 6.42 Å². The Balaban J connectivity index is 1.75. The van der Waals surface area contributed by atoms with E-state index in [-0.39, 0.29) is 5.78 Å². The number of rotatable bonds is 4. The van der Waals surface area contributed by atoms with E-state index in [0.717, 1.165) is 12.1 Å². The summed E-state index contributed by atoms with van der Waals surface area (Å²) in [5, 5.41) is 0. The molecule has 2 aromatic carbocycles. The zero-order valence-electron chi connectivity index (χ0n) is 10.5. The molecule has 19 heavy (non-hydrogen) atoms. The average Bonchev–Trinajstić information content (AvgIpc) is 2.89. The van der Waals surface area contributed by atoms with E-state index in [1.807, 2.05) is 42.5 Å². The number of nitrogens with zero attached hydrogens (tertiary/aromatic N) is 1. The van der Waals surface area contributed by atoms with Gasteiger partial charge < -0.3 is 0 Å². The van der Waals surface area contributed by atoms with E-state index >= 15 is 0 Å². The maximum atomic E-state index is 12.1. The smallest absolute Gasteiger partial charge is 0.225 e. The molecule has 1 heterocycles. The standard InChI is InChI=1S/C16H14NOS/c18-15(13-6-2-1-3-7-13)10-11-17-12-19-16-9-5-4-8-14(16)17/h1-9,12H,10-11H2/q+1. The number of carbonyl (C=O) groups excluding carboxylic acids is 1. The number of aromatic nitrogens is 1. The SMILES string of the molecule is O=C(CC[n+]1csc2ccccc21)c1ccccc1. The molecule has 94 valence electrons. The van der Waals surface area contributed by atoms with Gasteiger partial charge in [-0.2, -0.15) is 4.57 Å². The molecule has 0 aliphatic rings. The van der Waals surface area contributed by atoms with Crippen molar-refractivity contribution in [2.24, 2.45) is 0 Å². The topological polar surface area (TPSA) is 20.9 Å². The summed E-state index contributed by atoms with van der Waals surface area (Å²) in [5.74, 6) is 0.198. The van der Waals surface area contributed by atoms with Crippen molar-refractivity contribution in [2.75, 3.05) is 0 Å². The Morgan fingerprint density at radius 1 is 1.00 bits per heavy atom. The van der Waals surface area contributed by atoms with Gasteiger partial charge in [0, 0.05) is 11.6 Å². The zero-order chi connectivity index (χ0) is 13.1. The molecule has 0 atom stereocenters. The highest BCUT2D eigenvalue weighted by atomic mass is 32.1. The van der Waals surface area contributed by atoms with Gasteiger partial charge in [-0.3, -0.25) is 4.79 Å². The summed E-state index contributed by atoms with van der Waals surface area (Å²) in [4.78, 5) is 12.1. The van der Waals surface area contributed by atoms with Crippen LogP contribution in [0.5, 0.6) is 0 Å². The van der Waals surface area contributed by atoms with Crippen molar-refractivity contribution in [3.05, 3.63) is 65.7 Å². The average molecular weight is 268 g/mol. The summed E-state index contributed by atoms with van der Waals surface area (Å²) in [7, 11) is 0. The minimum absolute atomic E-state index is 0.198. The molecule has 0 saturated heterocycles. The molecule has 0 amide bonds. The van der Waals surface area contributed by atoms with E-state index in [4.69, 9.17) is 0 Å². The molecular formula is C16H14NOS+. The monoisotopic (exact) mass is 268 g/mol. The lowest BCUT2D eigenvalue weighted by Gasteiger charge is -1.98. The maximum absolute atomic E-state index is 12.1. The van der Waals surface area contributed by atoms with Gasteiger partial charge in [-0.25, -0.2) is 0 Å². The molecule has 0 aliphatic carbocycles. The second kappa shape index (κ2) is 5.33. The number of fused-ring (bicyclic) bond motifs is 1. The molecule has 1 aromatic heterocycles. The summed E-state index contributed by atoms with van der Waals surface area (Å²) < 4.78 is 3.41. The summed E-state index contributed by atoms with van der Waals surface area (Å²) >= 11 is 1.71. The second-order valence-electron chi connectivity index (χ2n) is 4.42. The number of Topliss-reactive ketones (excluding diaryl/α,β-unsaturated/α-hetero) is 1. The van der Waals surface area contributed by atoms with Crippen molar-refractivity contribution in [2.45, 2.75) is 13.0 Å². The van der Waals surface area contributed by atoms with Crippen LogP contribution in [0.1, 0.15) is 16.8 Å². The van der Waals surface area contributed by atoms with Crippen molar-refractivity contribution in [3.63, 3.8) is 0 Å². The van der Waals surface area contributed by atoms with Crippen LogP contribution >= 0.6 is 11.3 Å². The van der Waals surface area contributed by atoms with Crippen LogP contribution in [-0.4, -0.2) is 5.78 Å². The fraction of sp³-hybridized carbons (Fsp3) is 0.125. The van der Waals surface area contributed by atoms with Crippen LogP contribution in [0.2, 0.25) is 0 Å². The number of thiazole rings is 1. The number of aryl methyl sites for hydroxylation is 1. The number of hydrogen-bond donors (Lipinski definition) is 0. The highest BCUT2D eigenvalue weighted by molar-refractivity contribution is 7.16. The Morgan fingerprint density at radius 3 is 2.58 bits per heavy atom. The Kier molecular flexibility index (Phi) is 3.38. The van der Waals surface area contributed by atoms with Crippen molar-refractivity contribution in [1.29, 1.82) is 0 Å². The van der Waals surface area contributed by atoms with Crippen molar-refractivity contribution in [3.8, 4) is 0 Å². The number of hydrogen-bond acceptors (Lipinski definition) is 2. The van der Waals surface area contributed by atoms with Gasteiger partial charge in [0.25, 0.3) is 0 Å². The number of ketones is 1. The molecule has 0 fully saturated rings. The third-order valence-corrected chi connectivity index (χ3v) is 4.12. The minimum atomic E-state index is 0.198. The van der Waals surface area contributed by atoms with Crippen LogP contribution in [0.25, 0.3) is 10.2 Å². The molecule has 0 bridgehead atoms. The molecule has 3 rings (SSSR count). The molecule has 3 heteroatoms. The molecular weight excluding hydrogens is 254 g/mol. The second-order valence-corrected chi connectivity index (χ2v) is 5.31. The Morgan fingerprint density at radius 2 is 1.74 bits per heavy atom. The summed E-state index contributed by atoms with van der Waals surface area (Å²) in [5.41, 5.74) is 4.08. The first kappa shape index (κ1) is 12.1. The van der Waals surface area contributed by atoms with Gasteiger partial charge in [0.1, 0.15) is 4.70 Å². The Labute approximate surface area is 115 Å². The fourth-order valence-corrected chi connectivity index (χ4v) is 3.06. The third-order valence-electron chi connectivity index (χ3n) is 3.16. The minimum Gasteiger partial charge on any atom is -0.294 e. The summed E-state index contributed by atoms with van der Waals surface area (Å²) in [6, 6.07) is 17.8. The van der Waals surface area contributed by atoms with Crippen LogP contribution in [0.4, 0.5) is 0 Å². The number of benzene rings is 2. The van der Waals surface area contributed by atoms with Gasteiger partial charge in [-0.05, 0) is 6.07 Å². The normalized spacial score (nSPS) is 10.7. The summed E-state index contributed by atoms with van der Waals surface area (Å²) in [6.07, 6.45) is 0.537. The fourth-order valence-electron chi connectivity index (χ4n) is 2.13. The van der Waals surface area contributed by atoms with Crippen LogP contribution < -0.4 is 4.57 Å². The van der Waals surface area contributed by atoms with E-state index in [9.17, 15) is 4.79 Å². The van der Waals surface area contributed by atoms with Crippen LogP contribution in [0, 0.1) is 0 Å². The predicted octanol–water partition coefficient (Wildman–Crippen LogP) is 3.46. The van der Waals surface area contributed by atoms with Crippen molar-refractivity contribution >= 4 is 27.3 Å². The number of carbonyl (C=O) groups is 1. The molecule has 0 spiro atoms. The van der Waals surface area contributed by atoms with E-state index in [1.165, 1.54) is 10.2 Å². The lowest BCUT2D eigenvalue weighted by molar-refractivity contribution is -0.665. The maximum Gasteiger partial charge on any atom is 0.225 e. The highest BCUT2D eigenvalue weighted by Gasteiger charge is 2.13. The molecule has 0 N–H and O–H groups in total. The first-order valence-electron chi connectivity index (χ1n) is 6.28. The molecule has 2 nitrogen and oxygen atoms in total. The van der Waals surface area contributed by atoms with Crippen LogP contribution in [-0.2, 0) is 6.54 Å². The molecule has 0 saturated carbocycles. The van der Waals surface area contributed by atoms with Gasteiger partial charge in [-0.1, -0.05) is 53.8 Å². The third kappa shape index (κ3) is 2.56. The Hall–Kier alpha value is -2.00. The van der Waals surface area contributed by atoms with E-state index in [0.29, 0.717) is 6.42 Å². The summed E-state index contributed by atoms with van der Waals surface area (Å²) in [6.45, 7) is 0.734. The highest BCUT2D eigenvalue weighted by Crippen LogP contribution is 2.15. The van der Waals surface area contributed by atoms with E-state index in [2.05, 4.69) is 22.2 Å². The number of para-hydroxylation sites is 1. The Bertz CT molecular complexity index is 703. The largest absolute Gasteiger partial charge is 0.294 e.